The monoisotopic (exact) mass is 306 g/mol. The zero-order chi connectivity index (χ0) is 14.4. The van der Waals surface area contributed by atoms with Crippen molar-refractivity contribution in [2.75, 3.05) is 16.8 Å². The molecule has 1 aromatic carbocycles. The number of hydrogen-bond donors (Lipinski definition) is 1. The molecular weight excluding hydrogens is 292 g/mol. The van der Waals surface area contributed by atoms with E-state index in [4.69, 9.17) is 17.0 Å². The number of benzene rings is 1. The van der Waals surface area contributed by atoms with Crippen molar-refractivity contribution in [3.63, 3.8) is 0 Å². The van der Waals surface area contributed by atoms with Gasteiger partial charge in [-0.3, -0.25) is 9.69 Å². The summed E-state index contributed by atoms with van der Waals surface area (Å²) in [5.41, 5.74) is 0.807. The molecule has 0 unspecified atom stereocenters. The maximum Gasteiger partial charge on any atom is 0.221 e. The molecule has 20 heavy (non-hydrogen) atoms. The van der Waals surface area contributed by atoms with Crippen molar-refractivity contribution in [3.8, 4) is 5.75 Å². The van der Waals surface area contributed by atoms with E-state index >= 15 is 0 Å². The number of hydrogen-bond acceptors (Lipinski definition) is 4. The quantitative estimate of drug-likeness (QED) is 0.678. The van der Waals surface area contributed by atoms with Gasteiger partial charge in [-0.1, -0.05) is 0 Å². The molecule has 4 nitrogen and oxygen atoms in total. The van der Waals surface area contributed by atoms with E-state index in [1.807, 2.05) is 48.7 Å². The van der Waals surface area contributed by atoms with Gasteiger partial charge in [-0.25, -0.2) is 0 Å². The zero-order valence-electron chi connectivity index (χ0n) is 10.9. The summed E-state index contributed by atoms with van der Waals surface area (Å²) >= 11 is 6.70. The average molecular weight is 306 g/mol. The summed E-state index contributed by atoms with van der Waals surface area (Å²) in [4.78, 5) is 12.6. The third-order valence-electron chi connectivity index (χ3n) is 2.48. The zero-order valence-corrected chi connectivity index (χ0v) is 12.5. The van der Waals surface area contributed by atoms with E-state index in [0.717, 1.165) is 16.4 Å². The van der Waals surface area contributed by atoms with E-state index < -0.39 is 0 Å². The third kappa shape index (κ3) is 3.55. The smallest absolute Gasteiger partial charge is 0.221 e. The molecule has 0 aliphatic heterocycles. The first kappa shape index (κ1) is 14.5. The molecule has 0 bridgehead atoms. The largest absolute Gasteiger partial charge is 0.494 e. The molecule has 2 rings (SSSR count). The lowest BCUT2D eigenvalue weighted by Gasteiger charge is -2.17. The Kier molecular flexibility index (Phi) is 5.09. The maximum atomic E-state index is 11.2. The Hall–Kier alpha value is -1.92. The van der Waals surface area contributed by atoms with Gasteiger partial charge < -0.3 is 10.1 Å². The van der Waals surface area contributed by atoms with Crippen molar-refractivity contribution in [1.29, 1.82) is 0 Å². The lowest BCUT2D eigenvalue weighted by molar-refractivity contribution is -0.106. The first-order chi connectivity index (χ1) is 9.74. The summed E-state index contributed by atoms with van der Waals surface area (Å²) < 4.78 is 5.37. The molecule has 1 amide bonds. The van der Waals surface area contributed by atoms with Gasteiger partial charge in [-0.05, 0) is 60.9 Å². The minimum atomic E-state index is 0.339. The number of nitrogens with zero attached hydrogens (tertiary/aromatic N) is 1. The standard InChI is InChI=1S/C14H14N2O2S2/c1-2-18-12-7-5-11(6-8-12)15-14(19)16(10-17)13-4-3-9-20-13/h3-10H,2H2,1H3,(H,15,19). The maximum absolute atomic E-state index is 11.2. The van der Waals surface area contributed by atoms with Crippen LogP contribution in [0, 0.1) is 0 Å². The van der Waals surface area contributed by atoms with Gasteiger partial charge in [0.05, 0.1) is 6.61 Å². The van der Waals surface area contributed by atoms with Crippen LogP contribution in [0.3, 0.4) is 0 Å². The van der Waals surface area contributed by atoms with Crippen LogP contribution >= 0.6 is 23.6 Å². The summed E-state index contributed by atoms with van der Waals surface area (Å²) in [6, 6.07) is 11.1. The highest BCUT2D eigenvalue weighted by Gasteiger charge is 2.12. The number of ether oxygens (including phenoxy) is 1. The number of thiocarbonyl (C=S) groups is 1. The lowest BCUT2D eigenvalue weighted by atomic mass is 10.3. The Bertz CT molecular complexity index is 567. The van der Waals surface area contributed by atoms with Crippen molar-refractivity contribution in [2.24, 2.45) is 0 Å². The molecule has 104 valence electrons. The first-order valence-corrected chi connectivity index (χ1v) is 7.35. The Labute approximate surface area is 127 Å². The predicted octanol–water partition coefficient (Wildman–Crippen LogP) is 3.51. The van der Waals surface area contributed by atoms with Gasteiger partial charge >= 0.3 is 0 Å². The van der Waals surface area contributed by atoms with Gasteiger partial charge in [0.15, 0.2) is 5.11 Å². The SMILES string of the molecule is CCOc1ccc(NC(=S)N(C=O)c2cccs2)cc1. The van der Waals surface area contributed by atoms with E-state index in [9.17, 15) is 4.79 Å². The Morgan fingerprint density at radius 1 is 1.40 bits per heavy atom. The molecule has 1 heterocycles. The molecule has 1 N–H and O–H groups in total. The van der Waals surface area contributed by atoms with Crippen LogP contribution in [0.2, 0.25) is 0 Å². The van der Waals surface area contributed by atoms with Gasteiger partial charge in [-0.15, -0.1) is 11.3 Å². The van der Waals surface area contributed by atoms with E-state index in [1.54, 1.807) is 0 Å². The number of rotatable bonds is 5. The van der Waals surface area contributed by atoms with Crippen molar-refractivity contribution in [3.05, 3.63) is 41.8 Å². The number of carbonyl (C=O) groups excluding carboxylic acids is 1. The van der Waals surface area contributed by atoms with Crippen LogP contribution < -0.4 is 15.0 Å². The fraction of sp³-hybridized carbons (Fsp3) is 0.143. The molecule has 6 heteroatoms. The van der Waals surface area contributed by atoms with Gasteiger partial charge in [0, 0.05) is 5.69 Å². The van der Waals surface area contributed by atoms with E-state index in [1.165, 1.54) is 16.2 Å². The summed E-state index contributed by atoms with van der Waals surface area (Å²) in [5.74, 6) is 0.800. The van der Waals surface area contributed by atoms with Crippen LogP contribution in [0.25, 0.3) is 0 Å². The summed E-state index contributed by atoms with van der Waals surface area (Å²) in [7, 11) is 0. The van der Waals surface area contributed by atoms with Crippen LogP contribution in [0.5, 0.6) is 5.75 Å². The molecule has 2 aromatic rings. The second-order valence-corrected chi connectivity index (χ2v) is 5.13. The molecule has 0 spiro atoms. The summed E-state index contributed by atoms with van der Waals surface area (Å²) in [6.45, 7) is 2.56. The van der Waals surface area contributed by atoms with E-state index in [-0.39, 0.29) is 0 Å². The van der Waals surface area contributed by atoms with Gasteiger partial charge in [0.2, 0.25) is 6.41 Å². The Morgan fingerprint density at radius 3 is 2.70 bits per heavy atom. The molecule has 0 aliphatic rings. The van der Waals surface area contributed by atoms with Crippen molar-refractivity contribution in [2.45, 2.75) is 6.92 Å². The van der Waals surface area contributed by atoms with Gasteiger partial charge in [-0.2, -0.15) is 0 Å². The fourth-order valence-corrected chi connectivity index (χ4v) is 2.61. The van der Waals surface area contributed by atoms with E-state index in [0.29, 0.717) is 18.1 Å². The number of nitrogens with one attached hydrogen (secondary N) is 1. The average Bonchev–Trinajstić information content (AvgIpc) is 2.96. The van der Waals surface area contributed by atoms with Crippen molar-refractivity contribution < 1.29 is 9.53 Å². The minimum absolute atomic E-state index is 0.339. The van der Waals surface area contributed by atoms with Crippen LogP contribution in [0.1, 0.15) is 6.92 Å². The highest BCUT2D eigenvalue weighted by Crippen LogP contribution is 2.22. The van der Waals surface area contributed by atoms with Gasteiger partial charge in [0.1, 0.15) is 10.8 Å². The highest BCUT2D eigenvalue weighted by molar-refractivity contribution is 7.81. The normalized spacial score (nSPS) is 9.85. The number of amides is 1. The van der Waals surface area contributed by atoms with Crippen LogP contribution in [0.4, 0.5) is 10.7 Å². The lowest BCUT2D eigenvalue weighted by Crippen LogP contribution is -2.32. The summed E-state index contributed by atoms with van der Waals surface area (Å²) in [5, 5.41) is 6.04. The van der Waals surface area contributed by atoms with E-state index in [2.05, 4.69) is 5.32 Å². The van der Waals surface area contributed by atoms with Crippen molar-refractivity contribution >= 4 is 45.8 Å². The first-order valence-electron chi connectivity index (χ1n) is 6.06. The molecule has 0 atom stereocenters. The number of carbonyl (C=O) groups is 1. The van der Waals surface area contributed by atoms with Crippen LogP contribution in [-0.4, -0.2) is 18.1 Å². The minimum Gasteiger partial charge on any atom is -0.494 e. The topological polar surface area (TPSA) is 41.6 Å². The number of anilines is 2. The second kappa shape index (κ2) is 7.02. The van der Waals surface area contributed by atoms with Crippen LogP contribution in [0.15, 0.2) is 41.8 Å². The molecule has 0 saturated carbocycles. The molecule has 0 aliphatic carbocycles. The molecule has 0 fully saturated rings. The van der Waals surface area contributed by atoms with Gasteiger partial charge in [0.25, 0.3) is 0 Å². The third-order valence-corrected chi connectivity index (χ3v) is 3.65. The van der Waals surface area contributed by atoms with Crippen LogP contribution in [-0.2, 0) is 4.79 Å². The Balaban J connectivity index is 2.05. The molecule has 0 radical (unpaired) electrons. The second-order valence-electron chi connectivity index (χ2n) is 3.81. The summed E-state index contributed by atoms with van der Waals surface area (Å²) in [6.07, 6.45) is 0.704. The number of thiophene rings is 1. The van der Waals surface area contributed by atoms with Crippen molar-refractivity contribution in [1.82, 2.24) is 0 Å². The predicted molar refractivity (Wildman–Crippen MR) is 86.7 cm³/mol. The fourth-order valence-electron chi connectivity index (χ4n) is 1.59. The Morgan fingerprint density at radius 2 is 2.15 bits per heavy atom. The molecule has 1 aromatic heterocycles. The molecular formula is C14H14N2O2S2. The molecule has 0 saturated heterocycles. The highest BCUT2D eigenvalue weighted by atomic mass is 32.1.